The van der Waals surface area contributed by atoms with Gasteiger partial charge in [0.15, 0.2) is 14.6 Å². The van der Waals surface area contributed by atoms with Gasteiger partial charge in [0.2, 0.25) is 0 Å². The number of benzene rings is 1. The molecule has 0 saturated heterocycles. The first-order chi connectivity index (χ1) is 14.5. The Bertz CT molecular complexity index is 1260. The van der Waals surface area contributed by atoms with Crippen LogP contribution in [0.4, 0.5) is 0 Å². The molecule has 1 amide bonds. The molecule has 1 aromatic carbocycles. The smallest absolute Gasteiger partial charge is 0.264 e. The third-order valence-corrected chi connectivity index (χ3v) is 7.33. The molecule has 3 rings (SSSR count). The average molecular weight is 446 g/mol. The molecule has 31 heavy (non-hydrogen) atoms. The number of nitrogens with zero attached hydrogens (tertiary/aromatic N) is 4. The van der Waals surface area contributed by atoms with E-state index in [1.165, 1.54) is 23.0 Å². The predicted octanol–water partition coefficient (Wildman–Crippen LogP) is 1.10. The Morgan fingerprint density at radius 2 is 1.87 bits per heavy atom. The monoisotopic (exact) mass is 445 g/mol. The molecule has 0 spiro atoms. The van der Waals surface area contributed by atoms with Crippen LogP contribution in [-0.2, 0) is 21.2 Å². The first-order valence-corrected chi connectivity index (χ1v) is 11.3. The van der Waals surface area contributed by atoms with E-state index in [0.717, 1.165) is 23.2 Å². The SMILES string of the molecule is Cc1cn(-c2ccc(-c3ccn(CC[C@](C)(C(=O)NO)S(C)(=O)=O)c(=O)c3)cc2)nn1. The van der Waals surface area contributed by atoms with Gasteiger partial charge in [-0.2, -0.15) is 0 Å². The van der Waals surface area contributed by atoms with Gasteiger partial charge in [-0.1, -0.05) is 17.3 Å². The fourth-order valence-corrected chi connectivity index (χ4v) is 3.92. The second-order valence-corrected chi connectivity index (χ2v) is 9.94. The van der Waals surface area contributed by atoms with Gasteiger partial charge in [0.05, 0.1) is 17.6 Å². The molecule has 0 aliphatic rings. The fourth-order valence-electron chi connectivity index (χ4n) is 3.07. The number of nitrogens with one attached hydrogen (secondary N) is 1. The van der Waals surface area contributed by atoms with Crippen molar-refractivity contribution in [1.29, 1.82) is 0 Å². The standard InChI is InChI=1S/C20H23N5O5S/c1-14-13-25(23-21-14)17-6-4-15(5-7-17)16-8-10-24(18(26)12-16)11-9-20(2,19(27)22-28)31(3,29)30/h4-8,10,12-13,28H,9,11H2,1-3H3,(H,22,27)/t20-/m1/s1. The summed E-state index contributed by atoms with van der Waals surface area (Å²) in [7, 11) is -3.83. The van der Waals surface area contributed by atoms with Gasteiger partial charge in [-0.15, -0.1) is 5.10 Å². The highest BCUT2D eigenvalue weighted by Crippen LogP contribution is 2.23. The molecule has 2 N–H and O–H groups in total. The van der Waals surface area contributed by atoms with Gasteiger partial charge in [-0.05, 0) is 49.6 Å². The average Bonchev–Trinajstić information content (AvgIpc) is 3.17. The first-order valence-electron chi connectivity index (χ1n) is 9.39. The van der Waals surface area contributed by atoms with Crippen molar-refractivity contribution in [2.24, 2.45) is 0 Å². The molecule has 1 atom stereocenters. The number of rotatable bonds is 7. The van der Waals surface area contributed by atoms with Gasteiger partial charge in [-0.3, -0.25) is 14.8 Å². The van der Waals surface area contributed by atoms with Crippen LogP contribution >= 0.6 is 0 Å². The topological polar surface area (TPSA) is 136 Å². The third kappa shape index (κ3) is 4.57. The lowest BCUT2D eigenvalue weighted by molar-refractivity contribution is -0.131. The van der Waals surface area contributed by atoms with Crippen molar-refractivity contribution in [1.82, 2.24) is 25.0 Å². The minimum absolute atomic E-state index is 0.0132. The highest BCUT2D eigenvalue weighted by atomic mass is 32.2. The van der Waals surface area contributed by atoms with Crippen LogP contribution < -0.4 is 11.0 Å². The van der Waals surface area contributed by atoms with Crippen LogP contribution in [0.15, 0.2) is 53.6 Å². The molecule has 3 aromatic rings. The maximum Gasteiger partial charge on any atom is 0.264 e. The molecule has 164 valence electrons. The summed E-state index contributed by atoms with van der Waals surface area (Å²) in [6.45, 7) is 3.05. The van der Waals surface area contributed by atoms with Crippen LogP contribution in [-0.4, -0.2) is 50.1 Å². The molecule has 0 aliphatic heterocycles. The van der Waals surface area contributed by atoms with E-state index >= 15 is 0 Å². The molecule has 0 radical (unpaired) electrons. The first kappa shape index (κ1) is 22.4. The van der Waals surface area contributed by atoms with Crippen LogP contribution in [0.5, 0.6) is 0 Å². The van der Waals surface area contributed by atoms with Crippen molar-refractivity contribution in [2.75, 3.05) is 6.26 Å². The second kappa shape index (κ2) is 8.44. The molecule has 0 aliphatic carbocycles. The van der Waals surface area contributed by atoms with E-state index in [4.69, 9.17) is 5.21 Å². The van der Waals surface area contributed by atoms with Crippen molar-refractivity contribution >= 4 is 15.7 Å². The summed E-state index contributed by atoms with van der Waals surface area (Å²) in [5, 5.41) is 16.9. The number of hydrogen-bond donors (Lipinski definition) is 2. The summed E-state index contributed by atoms with van der Waals surface area (Å²) in [5.41, 5.74) is 4.21. The lowest BCUT2D eigenvalue weighted by Gasteiger charge is -2.25. The van der Waals surface area contributed by atoms with Crippen LogP contribution in [0.1, 0.15) is 19.0 Å². The van der Waals surface area contributed by atoms with E-state index in [-0.39, 0.29) is 18.5 Å². The summed E-state index contributed by atoms with van der Waals surface area (Å²) in [6.07, 6.45) is 4.09. The molecule has 2 heterocycles. The van der Waals surface area contributed by atoms with Crippen LogP contribution in [0.3, 0.4) is 0 Å². The lowest BCUT2D eigenvalue weighted by Crippen LogP contribution is -2.49. The Kier molecular flexibility index (Phi) is 6.09. The van der Waals surface area contributed by atoms with Gasteiger partial charge in [0.25, 0.3) is 11.5 Å². The molecule has 0 bridgehead atoms. The highest BCUT2D eigenvalue weighted by molar-refractivity contribution is 7.92. The van der Waals surface area contributed by atoms with Crippen molar-refractivity contribution in [3.05, 3.63) is 64.8 Å². The number of hydroxylamine groups is 1. The Morgan fingerprint density at radius 1 is 1.19 bits per heavy atom. The highest BCUT2D eigenvalue weighted by Gasteiger charge is 2.43. The number of aromatic nitrogens is 4. The van der Waals surface area contributed by atoms with E-state index in [0.29, 0.717) is 5.56 Å². The van der Waals surface area contributed by atoms with Gasteiger partial charge >= 0.3 is 0 Å². The zero-order chi connectivity index (χ0) is 22.8. The Hall–Kier alpha value is -3.31. The molecular weight excluding hydrogens is 422 g/mol. The molecule has 0 unspecified atom stereocenters. The van der Waals surface area contributed by atoms with Crippen molar-refractivity contribution < 1.29 is 18.4 Å². The van der Waals surface area contributed by atoms with E-state index < -0.39 is 20.5 Å². The molecule has 0 saturated carbocycles. The number of amides is 1. The third-order valence-electron chi connectivity index (χ3n) is 5.30. The Labute approximate surface area is 179 Å². The van der Waals surface area contributed by atoms with Crippen molar-refractivity contribution in [2.45, 2.75) is 31.6 Å². The zero-order valence-electron chi connectivity index (χ0n) is 17.3. The minimum Gasteiger partial charge on any atom is -0.315 e. The second-order valence-electron chi connectivity index (χ2n) is 7.49. The van der Waals surface area contributed by atoms with Gasteiger partial charge in [0, 0.05) is 25.1 Å². The van der Waals surface area contributed by atoms with Crippen LogP contribution in [0.25, 0.3) is 16.8 Å². The summed E-state index contributed by atoms with van der Waals surface area (Å²) in [6, 6.07) is 10.6. The van der Waals surface area contributed by atoms with Gasteiger partial charge in [0.1, 0.15) is 0 Å². The Morgan fingerprint density at radius 3 is 2.39 bits per heavy atom. The van der Waals surface area contributed by atoms with Crippen molar-refractivity contribution in [3.63, 3.8) is 0 Å². The number of pyridine rings is 1. The Balaban J connectivity index is 1.80. The van der Waals surface area contributed by atoms with Crippen LogP contribution in [0, 0.1) is 6.92 Å². The van der Waals surface area contributed by atoms with E-state index in [1.807, 2.05) is 31.2 Å². The number of carbonyl (C=O) groups excluding carboxylic acids is 1. The quantitative estimate of drug-likeness (QED) is 0.410. The summed E-state index contributed by atoms with van der Waals surface area (Å²) < 4.78 is 25.2. The number of hydrogen-bond acceptors (Lipinski definition) is 7. The minimum atomic E-state index is -3.83. The van der Waals surface area contributed by atoms with E-state index in [1.54, 1.807) is 23.1 Å². The molecule has 11 heteroatoms. The van der Waals surface area contributed by atoms with Crippen LogP contribution in [0.2, 0.25) is 0 Å². The predicted molar refractivity (Wildman–Crippen MR) is 114 cm³/mol. The number of sulfone groups is 1. The molecule has 10 nitrogen and oxygen atoms in total. The summed E-state index contributed by atoms with van der Waals surface area (Å²) in [5.74, 6) is -1.04. The van der Waals surface area contributed by atoms with Crippen molar-refractivity contribution in [3.8, 4) is 16.8 Å². The lowest BCUT2D eigenvalue weighted by atomic mass is 10.1. The van der Waals surface area contributed by atoms with Gasteiger partial charge < -0.3 is 4.57 Å². The van der Waals surface area contributed by atoms with Gasteiger partial charge in [-0.25, -0.2) is 18.6 Å². The number of carbonyl (C=O) groups is 1. The maximum absolute atomic E-state index is 12.6. The summed E-state index contributed by atoms with van der Waals surface area (Å²) >= 11 is 0. The normalized spacial score (nSPS) is 13.5. The maximum atomic E-state index is 12.6. The zero-order valence-corrected chi connectivity index (χ0v) is 18.1. The molecule has 0 fully saturated rings. The summed E-state index contributed by atoms with van der Waals surface area (Å²) in [4.78, 5) is 24.5. The molecular formula is C20H23N5O5S. The molecule has 2 aromatic heterocycles. The fraction of sp³-hybridized carbons (Fsp3) is 0.300. The van der Waals surface area contributed by atoms with E-state index in [9.17, 15) is 18.0 Å². The van der Waals surface area contributed by atoms with E-state index in [2.05, 4.69) is 10.3 Å². The largest absolute Gasteiger partial charge is 0.315 e. The number of aryl methyl sites for hydroxylation is 2.